The second-order valence-corrected chi connectivity index (χ2v) is 3.85. The highest BCUT2D eigenvalue weighted by Crippen LogP contribution is 2.34. The molecule has 0 aliphatic heterocycles. The topological polar surface area (TPSA) is 12.0 Å². The van der Waals surface area contributed by atoms with Gasteiger partial charge in [-0.05, 0) is 23.9 Å². The van der Waals surface area contributed by atoms with Crippen LogP contribution in [-0.2, 0) is 0 Å². The molecule has 12 heavy (non-hydrogen) atoms. The molecular weight excluding hydrogens is 166 g/mol. The van der Waals surface area contributed by atoms with E-state index in [1.54, 1.807) is 0 Å². The van der Waals surface area contributed by atoms with Crippen LogP contribution >= 0.6 is 11.3 Å². The number of anilines is 1. The monoisotopic (exact) mass is 177 g/mol. The maximum absolute atomic E-state index is 3.20. The zero-order chi connectivity index (χ0) is 8.55. The van der Waals surface area contributed by atoms with Crippen LogP contribution in [0.5, 0.6) is 0 Å². The highest BCUT2D eigenvalue weighted by molar-refractivity contribution is 7.23. The molecule has 0 saturated heterocycles. The zero-order valence-electron chi connectivity index (χ0n) is 7.22. The lowest BCUT2D eigenvalue weighted by molar-refractivity contribution is 1.50. The summed E-state index contributed by atoms with van der Waals surface area (Å²) in [6.45, 7) is 2.16. The van der Waals surface area contributed by atoms with Crippen LogP contribution in [0.1, 0.15) is 5.56 Å². The zero-order valence-corrected chi connectivity index (χ0v) is 8.03. The van der Waals surface area contributed by atoms with Crippen LogP contribution in [0.25, 0.3) is 10.1 Å². The highest BCUT2D eigenvalue weighted by atomic mass is 32.1. The third kappa shape index (κ3) is 0.994. The molecular formula is C10H11NS. The second kappa shape index (κ2) is 2.79. The molecule has 62 valence electrons. The molecule has 0 aliphatic carbocycles. The molecule has 2 heteroatoms. The van der Waals surface area contributed by atoms with Gasteiger partial charge in [-0.1, -0.05) is 18.2 Å². The Kier molecular flexibility index (Phi) is 1.77. The van der Waals surface area contributed by atoms with Crippen molar-refractivity contribution in [2.24, 2.45) is 0 Å². The Labute approximate surface area is 76.0 Å². The van der Waals surface area contributed by atoms with Gasteiger partial charge in [-0.3, -0.25) is 0 Å². The lowest BCUT2D eigenvalue weighted by Gasteiger charge is -1.94. The maximum atomic E-state index is 3.20. The molecule has 0 fully saturated rings. The quantitative estimate of drug-likeness (QED) is 0.705. The first-order valence-corrected chi connectivity index (χ1v) is 4.80. The average Bonchev–Trinajstić information content (AvgIpc) is 2.44. The Morgan fingerprint density at radius 3 is 2.67 bits per heavy atom. The van der Waals surface area contributed by atoms with Gasteiger partial charge < -0.3 is 5.32 Å². The van der Waals surface area contributed by atoms with Crippen molar-refractivity contribution in [2.45, 2.75) is 6.92 Å². The van der Waals surface area contributed by atoms with Crippen LogP contribution in [0.2, 0.25) is 0 Å². The van der Waals surface area contributed by atoms with Gasteiger partial charge in [-0.2, -0.15) is 0 Å². The van der Waals surface area contributed by atoms with E-state index in [0.29, 0.717) is 0 Å². The van der Waals surface area contributed by atoms with E-state index in [4.69, 9.17) is 0 Å². The molecule has 0 saturated carbocycles. The smallest absolute Gasteiger partial charge is 0.0922 e. The fourth-order valence-corrected chi connectivity index (χ4v) is 2.48. The van der Waals surface area contributed by atoms with E-state index < -0.39 is 0 Å². The van der Waals surface area contributed by atoms with Crippen molar-refractivity contribution in [1.82, 2.24) is 0 Å². The molecule has 0 spiro atoms. The molecule has 0 aliphatic rings. The highest BCUT2D eigenvalue weighted by Gasteiger charge is 2.04. The van der Waals surface area contributed by atoms with Gasteiger partial charge in [-0.25, -0.2) is 0 Å². The molecule has 1 heterocycles. The van der Waals surface area contributed by atoms with Crippen LogP contribution in [0.4, 0.5) is 5.00 Å². The maximum Gasteiger partial charge on any atom is 0.0922 e. The predicted molar refractivity (Wildman–Crippen MR) is 56.1 cm³/mol. The van der Waals surface area contributed by atoms with E-state index in [2.05, 4.69) is 36.5 Å². The second-order valence-electron chi connectivity index (χ2n) is 2.80. The van der Waals surface area contributed by atoms with Gasteiger partial charge in [0.2, 0.25) is 0 Å². The van der Waals surface area contributed by atoms with Gasteiger partial charge in [0.15, 0.2) is 0 Å². The van der Waals surface area contributed by atoms with E-state index in [0.717, 1.165) is 0 Å². The van der Waals surface area contributed by atoms with Crippen molar-refractivity contribution < 1.29 is 0 Å². The molecule has 0 unspecified atom stereocenters. The molecule has 1 aromatic carbocycles. The number of aryl methyl sites for hydroxylation is 1. The fourth-order valence-electron chi connectivity index (χ4n) is 1.41. The largest absolute Gasteiger partial charge is 0.380 e. The third-order valence-corrected chi connectivity index (χ3v) is 3.36. The van der Waals surface area contributed by atoms with E-state index in [1.807, 2.05) is 18.4 Å². The Morgan fingerprint density at radius 2 is 2.00 bits per heavy atom. The summed E-state index contributed by atoms with van der Waals surface area (Å²) in [4.78, 5) is 0. The summed E-state index contributed by atoms with van der Waals surface area (Å²) in [6, 6.07) is 8.50. The first-order valence-electron chi connectivity index (χ1n) is 3.99. The lowest BCUT2D eigenvalue weighted by Crippen LogP contribution is -1.84. The van der Waals surface area contributed by atoms with Crippen LogP contribution in [0.3, 0.4) is 0 Å². The van der Waals surface area contributed by atoms with Gasteiger partial charge in [0.1, 0.15) is 0 Å². The molecule has 1 aromatic heterocycles. The van der Waals surface area contributed by atoms with Crippen molar-refractivity contribution >= 4 is 26.4 Å². The normalized spacial score (nSPS) is 10.5. The number of benzene rings is 1. The average molecular weight is 177 g/mol. The van der Waals surface area contributed by atoms with Crippen molar-refractivity contribution in [2.75, 3.05) is 12.4 Å². The minimum absolute atomic E-state index is 1.27. The Bertz CT molecular complexity index is 403. The van der Waals surface area contributed by atoms with E-state index >= 15 is 0 Å². The van der Waals surface area contributed by atoms with Crippen LogP contribution in [0, 0.1) is 6.92 Å². The third-order valence-electron chi connectivity index (χ3n) is 2.07. The SMILES string of the molecule is CNc1sc2ccccc2c1C. The minimum atomic E-state index is 1.27. The standard InChI is InChI=1S/C10H11NS/c1-7-8-5-3-4-6-9(8)12-10(7)11-2/h3-6,11H,1-2H3. The first-order chi connectivity index (χ1) is 5.83. The summed E-state index contributed by atoms with van der Waals surface area (Å²) in [7, 11) is 1.97. The van der Waals surface area contributed by atoms with E-state index in [1.165, 1.54) is 20.7 Å². The molecule has 2 aromatic rings. The fraction of sp³-hybridized carbons (Fsp3) is 0.200. The predicted octanol–water partition coefficient (Wildman–Crippen LogP) is 3.25. The molecule has 0 radical (unpaired) electrons. The molecule has 1 nitrogen and oxygen atoms in total. The van der Waals surface area contributed by atoms with Crippen molar-refractivity contribution in [3.05, 3.63) is 29.8 Å². The van der Waals surface area contributed by atoms with Gasteiger partial charge in [0.25, 0.3) is 0 Å². The number of rotatable bonds is 1. The van der Waals surface area contributed by atoms with Gasteiger partial charge in [0.05, 0.1) is 5.00 Å². The molecule has 2 rings (SSSR count). The van der Waals surface area contributed by atoms with Crippen molar-refractivity contribution in [3.63, 3.8) is 0 Å². The summed E-state index contributed by atoms with van der Waals surface area (Å²) in [5.74, 6) is 0. The van der Waals surface area contributed by atoms with Crippen LogP contribution < -0.4 is 5.32 Å². The summed E-state index contributed by atoms with van der Waals surface area (Å²) in [6.07, 6.45) is 0. The minimum Gasteiger partial charge on any atom is -0.380 e. The Morgan fingerprint density at radius 1 is 1.25 bits per heavy atom. The number of hydrogen-bond acceptors (Lipinski definition) is 2. The Hall–Kier alpha value is -1.02. The summed E-state index contributed by atoms with van der Waals surface area (Å²) in [5.41, 5.74) is 1.36. The molecule has 0 amide bonds. The number of thiophene rings is 1. The summed E-state index contributed by atoms with van der Waals surface area (Å²) >= 11 is 1.81. The molecule has 1 N–H and O–H groups in total. The summed E-state index contributed by atoms with van der Waals surface area (Å²) in [5, 5.41) is 5.84. The van der Waals surface area contributed by atoms with Crippen LogP contribution in [0.15, 0.2) is 24.3 Å². The van der Waals surface area contributed by atoms with Crippen molar-refractivity contribution in [1.29, 1.82) is 0 Å². The van der Waals surface area contributed by atoms with Gasteiger partial charge >= 0.3 is 0 Å². The number of nitrogens with one attached hydrogen (secondary N) is 1. The molecule has 0 atom stereocenters. The van der Waals surface area contributed by atoms with Gasteiger partial charge in [0, 0.05) is 11.7 Å². The number of fused-ring (bicyclic) bond motifs is 1. The van der Waals surface area contributed by atoms with E-state index in [-0.39, 0.29) is 0 Å². The molecule has 0 bridgehead atoms. The summed E-state index contributed by atoms with van der Waals surface area (Å²) < 4.78 is 1.36. The van der Waals surface area contributed by atoms with Gasteiger partial charge in [-0.15, -0.1) is 11.3 Å². The Balaban J connectivity index is 2.78. The van der Waals surface area contributed by atoms with Crippen molar-refractivity contribution in [3.8, 4) is 0 Å². The number of hydrogen-bond donors (Lipinski definition) is 1. The first kappa shape index (κ1) is 7.62. The van der Waals surface area contributed by atoms with Crippen LogP contribution in [-0.4, -0.2) is 7.05 Å². The van der Waals surface area contributed by atoms with E-state index in [9.17, 15) is 0 Å². The lowest BCUT2D eigenvalue weighted by atomic mass is 10.2.